The number of ether oxygens (including phenoxy) is 2. The molecule has 0 bridgehead atoms. The second-order valence-corrected chi connectivity index (χ2v) is 9.73. The molecule has 0 aliphatic rings. The molecular formula is C32H34O2. The van der Waals surface area contributed by atoms with Gasteiger partial charge < -0.3 is 9.47 Å². The van der Waals surface area contributed by atoms with Crippen LogP contribution in [0.25, 0.3) is 0 Å². The maximum atomic E-state index is 6.07. The van der Waals surface area contributed by atoms with Crippen LogP contribution in [0.15, 0.2) is 84.9 Å². The van der Waals surface area contributed by atoms with E-state index in [0.717, 1.165) is 22.8 Å². The lowest BCUT2D eigenvalue weighted by Crippen LogP contribution is -2.18. The number of rotatable bonds is 7. The van der Waals surface area contributed by atoms with Crippen molar-refractivity contribution in [2.24, 2.45) is 0 Å². The first-order chi connectivity index (χ1) is 16.2. The summed E-state index contributed by atoms with van der Waals surface area (Å²) in [5.41, 5.74) is 8.60. The third-order valence-corrected chi connectivity index (χ3v) is 6.85. The van der Waals surface area contributed by atoms with Crippen LogP contribution in [0.4, 0.5) is 0 Å². The molecule has 0 aliphatic heterocycles. The van der Waals surface area contributed by atoms with Crippen molar-refractivity contribution in [3.8, 4) is 17.2 Å². The first-order valence-electron chi connectivity index (χ1n) is 11.9. The van der Waals surface area contributed by atoms with Crippen molar-refractivity contribution in [2.45, 2.75) is 53.6 Å². The van der Waals surface area contributed by atoms with E-state index in [-0.39, 0.29) is 5.41 Å². The summed E-state index contributed by atoms with van der Waals surface area (Å²) in [6, 6.07) is 29.6. The number of hydrogen-bond acceptors (Lipinski definition) is 2. The molecule has 4 rings (SSSR count). The molecule has 0 spiro atoms. The highest BCUT2D eigenvalue weighted by Crippen LogP contribution is 2.33. The molecule has 0 fully saturated rings. The normalized spacial score (nSPS) is 11.4. The average Bonchev–Trinajstić information content (AvgIpc) is 2.83. The van der Waals surface area contributed by atoms with E-state index in [9.17, 15) is 0 Å². The van der Waals surface area contributed by atoms with Gasteiger partial charge in [-0.15, -0.1) is 0 Å². The van der Waals surface area contributed by atoms with E-state index in [1.807, 2.05) is 12.1 Å². The number of aryl methyl sites for hydroxylation is 4. The summed E-state index contributed by atoms with van der Waals surface area (Å²) in [5.74, 6) is 2.63. The molecule has 34 heavy (non-hydrogen) atoms. The number of hydrogen-bond donors (Lipinski definition) is 0. The van der Waals surface area contributed by atoms with Crippen molar-refractivity contribution >= 4 is 0 Å². The summed E-state index contributed by atoms with van der Waals surface area (Å²) in [6.07, 6.45) is 0. The van der Waals surface area contributed by atoms with Crippen LogP contribution in [0.3, 0.4) is 0 Å². The van der Waals surface area contributed by atoms with Gasteiger partial charge in [0.1, 0.15) is 23.9 Å². The smallest absolute Gasteiger partial charge is 0.127 e. The molecule has 0 N–H and O–H groups in total. The highest BCUT2D eigenvalue weighted by atomic mass is 16.5. The van der Waals surface area contributed by atoms with Gasteiger partial charge in [-0.2, -0.15) is 0 Å². The summed E-state index contributed by atoms with van der Waals surface area (Å²) in [5, 5.41) is 0. The molecule has 4 aromatic carbocycles. The van der Waals surface area contributed by atoms with Gasteiger partial charge in [0, 0.05) is 5.41 Å². The molecular weight excluding hydrogens is 416 g/mol. The zero-order valence-electron chi connectivity index (χ0n) is 21.1. The van der Waals surface area contributed by atoms with Crippen molar-refractivity contribution in [3.05, 3.63) is 124 Å². The molecule has 0 aromatic heterocycles. The highest BCUT2D eigenvalue weighted by molar-refractivity contribution is 5.43. The van der Waals surface area contributed by atoms with E-state index in [1.54, 1.807) is 0 Å². The summed E-state index contributed by atoms with van der Waals surface area (Å²) in [6.45, 7) is 13.5. The Bertz CT molecular complexity index is 1270. The predicted octanol–water partition coefficient (Wildman–Crippen LogP) is 8.62. The van der Waals surface area contributed by atoms with Crippen LogP contribution >= 0.6 is 0 Å². The van der Waals surface area contributed by atoms with Gasteiger partial charge in [-0.05, 0) is 103 Å². The first kappa shape index (κ1) is 23.6. The van der Waals surface area contributed by atoms with Crippen LogP contribution in [-0.2, 0) is 12.0 Å². The fourth-order valence-corrected chi connectivity index (χ4v) is 4.01. The third-order valence-electron chi connectivity index (χ3n) is 6.85. The van der Waals surface area contributed by atoms with E-state index in [1.165, 1.54) is 33.4 Å². The van der Waals surface area contributed by atoms with Gasteiger partial charge in [-0.1, -0.05) is 62.4 Å². The van der Waals surface area contributed by atoms with Crippen LogP contribution in [0.1, 0.15) is 52.8 Å². The van der Waals surface area contributed by atoms with Gasteiger partial charge in [0.25, 0.3) is 0 Å². The van der Waals surface area contributed by atoms with Crippen LogP contribution < -0.4 is 9.47 Å². The molecule has 0 heterocycles. The van der Waals surface area contributed by atoms with Crippen LogP contribution in [0.2, 0.25) is 0 Å². The highest BCUT2D eigenvalue weighted by Gasteiger charge is 2.23. The minimum atomic E-state index is -0.119. The van der Waals surface area contributed by atoms with E-state index < -0.39 is 0 Å². The van der Waals surface area contributed by atoms with Gasteiger partial charge in [0.15, 0.2) is 0 Å². The lowest BCUT2D eigenvalue weighted by molar-refractivity contribution is 0.306. The zero-order valence-corrected chi connectivity index (χ0v) is 21.1. The van der Waals surface area contributed by atoms with Gasteiger partial charge >= 0.3 is 0 Å². The summed E-state index contributed by atoms with van der Waals surface area (Å²) < 4.78 is 12.1. The van der Waals surface area contributed by atoms with Crippen molar-refractivity contribution in [1.82, 2.24) is 0 Å². The molecule has 0 unspecified atom stereocenters. The molecule has 174 valence electrons. The van der Waals surface area contributed by atoms with Crippen LogP contribution in [0, 0.1) is 27.7 Å². The Balaban J connectivity index is 1.42. The Labute approximate surface area is 204 Å². The second-order valence-electron chi connectivity index (χ2n) is 9.73. The summed E-state index contributed by atoms with van der Waals surface area (Å²) in [4.78, 5) is 0. The molecule has 0 radical (unpaired) electrons. The van der Waals surface area contributed by atoms with E-state index in [2.05, 4.69) is 114 Å². The Morgan fingerprint density at radius 2 is 1.00 bits per heavy atom. The summed E-state index contributed by atoms with van der Waals surface area (Å²) in [7, 11) is 0. The maximum absolute atomic E-state index is 6.07. The fraction of sp³-hybridized carbons (Fsp3) is 0.250. The van der Waals surface area contributed by atoms with Crippen molar-refractivity contribution in [3.63, 3.8) is 0 Å². The second kappa shape index (κ2) is 9.77. The van der Waals surface area contributed by atoms with Crippen LogP contribution in [-0.4, -0.2) is 0 Å². The molecule has 0 saturated heterocycles. The Morgan fingerprint density at radius 1 is 0.529 bits per heavy atom. The molecule has 0 saturated carbocycles. The van der Waals surface area contributed by atoms with E-state index in [0.29, 0.717) is 6.61 Å². The van der Waals surface area contributed by atoms with Crippen molar-refractivity contribution in [2.75, 3.05) is 0 Å². The van der Waals surface area contributed by atoms with Crippen molar-refractivity contribution < 1.29 is 9.47 Å². The quantitative estimate of drug-likeness (QED) is 0.280. The zero-order chi connectivity index (χ0) is 24.3. The van der Waals surface area contributed by atoms with Gasteiger partial charge in [-0.3, -0.25) is 0 Å². The molecule has 2 nitrogen and oxygen atoms in total. The lowest BCUT2D eigenvalue weighted by Gasteiger charge is -2.26. The largest absolute Gasteiger partial charge is 0.489 e. The Morgan fingerprint density at radius 3 is 1.56 bits per heavy atom. The van der Waals surface area contributed by atoms with Gasteiger partial charge in [0.2, 0.25) is 0 Å². The topological polar surface area (TPSA) is 18.5 Å². The Hall–Kier alpha value is -3.52. The standard InChI is InChI=1S/C32H34O2/c1-22-7-15-30(19-24(22)3)33-21-26-9-11-27(12-10-26)32(5,6)28-13-17-29(18-14-28)34-31-16-8-23(2)25(4)20-31/h7-20H,21H2,1-6H3. The lowest BCUT2D eigenvalue weighted by atomic mass is 9.78. The average molecular weight is 451 g/mol. The number of benzene rings is 4. The SMILES string of the molecule is Cc1ccc(OCc2ccc(C(C)(C)c3ccc(Oc4ccc(C)c(C)c4)cc3)cc2)cc1C. The first-order valence-corrected chi connectivity index (χ1v) is 11.9. The molecule has 2 heteroatoms. The predicted molar refractivity (Wildman–Crippen MR) is 141 cm³/mol. The van der Waals surface area contributed by atoms with Crippen molar-refractivity contribution in [1.29, 1.82) is 0 Å². The summed E-state index contributed by atoms with van der Waals surface area (Å²) >= 11 is 0. The molecule has 4 aromatic rings. The third kappa shape index (κ3) is 5.34. The Kier molecular flexibility index (Phi) is 6.79. The monoisotopic (exact) mass is 450 g/mol. The molecule has 0 amide bonds. The minimum Gasteiger partial charge on any atom is -0.489 e. The molecule has 0 aliphatic carbocycles. The molecule has 0 atom stereocenters. The van der Waals surface area contributed by atoms with Gasteiger partial charge in [-0.25, -0.2) is 0 Å². The fourth-order valence-electron chi connectivity index (χ4n) is 4.01. The minimum absolute atomic E-state index is 0.119. The van der Waals surface area contributed by atoms with E-state index >= 15 is 0 Å². The maximum Gasteiger partial charge on any atom is 0.127 e. The van der Waals surface area contributed by atoms with Crippen LogP contribution in [0.5, 0.6) is 17.2 Å². The van der Waals surface area contributed by atoms with E-state index in [4.69, 9.17) is 9.47 Å². The van der Waals surface area contributed by atoms with Gasteiger partial charge in [0.05, 0.1) is 0 Å².